The number of aromatic hydroxyl groups is 1. The van der Waals surface area contributed by atoms with Crippen molar-refractivity contribution < 1.29 is 29.0 Å². The number of amides is 4. The number of anilines is 1. The lowest BCUT2D eigenvalue weighted by molar-refractivity contribution is -0.141. The van der Waals surface area contributed by atoms with Crippen LogP contribution in [0.1, 0.15) is 77.0 Å². The number of ether oxygens (including phenoxy) is 1. The number of alkyl carbamates (subject to hydrolysis) is 1. The van der Waals surface area contributed by atoms with E-state index in [0.29, 0.717) is 22.7 Å². The molecule has 0 heterocycles. The first kappa shape index (κ1) is 33.4. The van der Waals surface area contributed by atoms with E-state index >= 15 is 0 Å². The van der Waals surface area contributed by atoms with Crippen LogP contribution in [0.15, 0.2) is 42.5 Å². The second-order valence-corrected chi connectivity index (χ2v) is 11.3. The van der Waals surface area contributed by atoms with E-state index < -0.39 is 41.5 Å². The highest BCUT2D eigenvalue weighted by atomic mass is 35.5. The van der Waals surface area contributed by atoms with Crippen LogP contribution in [0.4, 0.5) is 10.5 Å². The summed E-state index contributed by atoms with van der Waals surface area (Å²) in [6.07, 6.45) is 1.10. The number of phenols is 1. The van der Waals surface area contributed by atoms with Crippen molar-refractivity contribution in [3.63, 3.8) is 0 Å². The maximum absolute atomic E-state index is 14.2. The predicted octanol–water partition coefficient (Wildman–Crippen LogP) is 5.21. The van der Waals surface area contributed by atoms with Crippen molar-refractivity contribution >= 4 is 41.1 Å². The van der Waals surface area contributed by atoms with E-state index in [1.54, 1.807) is 58.0 Å². The van der Waals surface area contributed by atoms with Gasteiger partial charge in [0.1, 0.15) is 23.4 Å². The lowest BCUT2D eigenvalue weighted by Crippen LogP contribution is -2.52. The first-order chi connectivity index (χ1) is 19.2. The Kier molecular flexibility index (Phi) is 12.5. The molecule has 0 spiro atoms. The van der Waals surface area contributed by atoms with Gasteiger partial charge in [0, 0.05) is 13.0 Å². The van der Waals surface area contributed by atoms with E-state index in [2.05, 4.69) is 10.6 Å². The first-order valence-electron chi connectivity index (χ1n) is 13.7. The van der Waals surface area contributed by atoms with E-state index in [1.807, 2.05) is 6.92 Å². The Balaban J connectivity index is 2.58. The van der Waals surface area contributed by atoms with Crippen LogP contribution in [0.2, 0.25) is 5.02 Å². The van der Waals surface area contributed by atoms with E-state index in [1.165, 1.54) is 17.0 Å². The van der Waals surface area contributed by atoms with Crippen LogP contribution in [0.5, 0.6) is 5.75 Å². The van der Waals surface area contributed by atoms with Gasteiger partial charge in [-0.05, 0) is 69.9 Å². The van der Waals surface area contributed by atoms with Crippen molar-refractivity contribution in [3.05, 3.63) is 58.6 Å². The highest BCUT2D eigenvalue weighted by Gasteiger charge is 2.36. The average Bonchev–Trinajstić information content (AvgIpc) is 2.87. The summed E-state index contributed by atoms with van der Waals surface area (Å²) in [5.74, 6) is -1.78. The van der Waals surface area contributed by atoms with Crippen LogP contribution in [-0.4, -0.2) is 52.0 Å². The van der Waals surface area contributed by atoms with Gasteiger partial charge in [-0.2, -0.15) is 0 Å². The van der Waals surface area contributed by atoms with E-state index in [-0.39, 0.29) is 25.1 Å². The van der Waals surface area contributed by atoms with Crippen molar-refractivity contribution in [2.75, 3.05) is 11.9 Å². The number of benzene rings is 2. The Morgan fingerprint density at radius 1 is 1.07 bits per heavy atom. The van der Waals surface area contributed by atoms with Gasteiger partial charge < -0.3 is 31.1 Å². The number of hydrogen-bond donors (Lipinski definition) is 4. The maximum atomic E-state index is 14.2. The molecule has 0 aromatic heterocycles. The zero-order valence-corrected chi connectivity index (χ0v) is 25.1. The quantitative estimate of drug-likeness (QED) is 0.236. The third kappa shape index (κ3) is 10.6. The number of aryl methyl sites for hydroxylation is 1. The van der Waals surface area contributed by atoms with Crippen LogP contribution in [0.3, 0.4) is 0 Å². The van der Waals surface area contributed by atoms with Crippen LogP contribution in [0, 0.1) is 6.92 Å². The molecule has 2 aromatic rings. The predicted molar refractivity (Wildman–Crippen MR) is 158 cm³/mol. The molecule has 0 saturated heterocycles. The standard InChI is InChI=1S/C30H41ClN4O6/c1-6-7-8-18-35(28(39)23(16-17-24(32)37)33-29(40)41-30(3,4)5)26(20-12-14-21(36)15-13-20)27(38)34-25-19(2)10-9-11-22(25)31/h9-15,23,26,36H,6-8,16-18H2,1-5H3,(H2,32,37)(H,33,40)(H,34,38). The van der Waals surface area contributed by atoms with Gasteiger partial charge in [-0.3, -0.25) is 14.4 Å². The fraction of sp³-hybridized carbons (Fsp3) is 0.467. The molecule has 0 aliphatic heterocycles. The molecule has 0 aliphatic rings. The number of nitrogens with one attached hydrogen (secondary N) is 2. The summed E-state index contributed by atoms with van der Waals surface area (Å²) in [5.41, 5.74) is 6.10. The average molecular weight is 589 g/mol. The largest absolute Gasteiger partial charge is 0.508 e. The van der Waals surface area contributed by atoms with Crippen LogP contribution < -0.4 is 16.4 Å². The fourth-order valence-electron chi connectivity index (χ4n) is 4.20. The number of carbonyl (C=O) groups is 4. The number of unbranched alkanes of at least 4 members (excludes halogenated alkanes) is 2. The number of halogens is 1. The van der Waals surface area contributed by atoms with E-state index in [9.17, 15) is 24.3 Å². The molecule has 0 aliphatic carbocycles. The first-order valence-corrected chi connectivity index (χ1v) is 14.0. The van der Waals surface area contributed by atoms with Gasteiger partial charge in [0.15, 0.2) is 0 Å². The van der Waals surface area contributed by atoms with Crippen molar-refractivity contribution in [1.29, 1.82) is 0 Å². The minimum Gasteiger partial charge on any atom is -0.508 e. The Morgan fingerprint density at radius 2 is 1.73 bits per heavy atom. The molecule has 4 amide bonds. The van der Waals surface area contributed by atoms with Gasteiger partial charge in [0.05, 0.1) is 10.7 Å². The highest BCUT2D eigenvalue weighted by molar-refractivity contribution is 6.34. The van der Waals surface area contributed by atoms with Crippen LogP contribution in [0.25, 0.3) is 0 Å². The molecular formula is C30H41ClN4O6. The number of carbonyl (C=O) groups excluding carboxylic acids is 4. The number of nitrogens with zero attached hydrogens (tertiary/aromatic N) is 1. The summed E-state index contributed by atoms with van der Waals surface area (Å²) in [6, 6.07) is 8.80. The van der Waals surface area contributed by atoms with Gasteiger partial charge >= 0.3 is 6.09 Å². The molecule has 5 N–H and O–H groups in total. The van der Waals surface area contributed by atoms with Gasteiger partial charge in [0.2, 0.25) is 11.8 Å². The SMILES string of the molecule is CCCCCN(C(=O)C(CCC(N)=O)NC(=O)OC(C)(C)C)C(C(=O)Nc1c(C)cccc1Cl)c1ccc(O)cc1. The third-order valence-electron chi connectivity index (χ3n) is 6.19. The molecule has 41 heavy (non-hydrogen) atoms. The van der Waals surface area contributed by atoms with Crippen LogP contribution >= 0.6 is 11.6 Å². The second kappa shape index (κ2) is 15.3. The summed E-state index contributed by atoms with van der Waals surface area (Å²) in [7, 11) is 0. The second-order valence-electron chi connectivity index (χ2n) is 10.9. The number of phenolic OH excluding ortho intramolecular Hbond substituents is 1. The van der Waals surface area contributed by atoms with Gasteiger partial charge in [-0.1, -0.05) is 55.6 Å². The number of hydrogen-bond acceptors (Lipinski definition) is 6. The topological polar surface area (TPSA) is 151 Å². The molecule has 224 valence electrons. The minimum atomic E-state index is -1.20. The highest BCUT2D eigenvalue weighted by Crippen LogP contribution is 2.30. The van der Waals surface area contributed by atoms with Crippen molar-refractivity contribution in [2.45, 2.75) is 84.4 Å². The number of rotatable bonds is 13. The smallest absolute Gasteiger partial charge is 0.408 e. The molecule has 2 atom stereocenters. The van der Waals surface area contributed by atoms with E-state index in [0.717, 1.165) is 18.4 Å². The number of para-hydroxylation sites is 1. The zero-order valence-electron chi connectivity index (χ0n) is 24.3. The molecule has 0 fully saturated rings. The Bertz CT molecular complexity index is 1190. The Morgan fingerprint density at radius 3 is 2.29 bits per heavy atom. The van der Waals surface area contributed by atoms with Crippen molar-refractivity contribution in [2.24, 2.45) is 5.73 Å². The molecule has 0 bridgehead atoms. The summed E-state index contributed by atoms with van der Waals surface area (Å²) in [6.45, 7) is 9.04. The summed E-state index contributed by atoms with van der Waals surface area (Å²) < 4.78 is 5.36. The zero-order chi connectivity index (χ0) is 30.7. The van der Waals surface area contributed by atoms with E-state index in [4.69, 9.17) is 22.1 Å². The Hall–Kier alpha value is -3.79. The summed E-state index contributed by atoms with van der Waals surface area (Å²) in [5, 5.41) is 15.7. The van der Waals surface area contributed by atoms with Gasteiger partial charge in [0.25, 0.3) is 5.91 Å². The lowest BCUT2D eigenvalue weighted by atomic mass is 10.0. The summed E-state index contributed by atoms with van der Waals surface area (Å²) >= 11 is 6.39. The molecule has 2 aromatic carbocycles. The third-order valence-corrected chi connectivity index (χ3v) is 6.51. The van der Waals surface area contributed by atoms with Crippen molar-refractivity contribution in [1.82, 2.24) is 10.2 Å². The molecule has 2 unspecified atom stereocenters. The van der Waals surface area contributed by atoms with Crippen molar-refractivity contribution in [3.8, 4) is 5.75 Å². The van der Waals surface area contributed by atoms with Crippen LogP contribution in [-0.2, 0) is 19.1 Å². The molecule has 0 radical (unpaired) electrons. The summed E-state index contributed by atoms with van der Waals surface area (Å²) in [4.78, 5) is 53.8. The normalized spacial score (nSPS) is 12.6. The number of primary amides is 1. The molecule has 2 rings (SSSR count). The maximum Gasteiger partial charge on any atom is 0.408 e. The minimum absolute atomic E-state index is 0.00959. The van der Waals surface area contributed by atoms with Gasteiger partial charge in [-0.25, -0.2) is 4.79 Å². The lowest BCUT2D eigenvalue weighted by Gasteiger charge is -2.34. The molecule has 10 nitrogen and oxygen atoms in total. The molecular weight excluding hydrogens is 548 g/mol. The monoisotopic (exact) mass is 588 g/mol. The molecule has 11 heteroatoms. The fourth-order valence-corrected chi connectivity index (χ4v) is 4.47. The van der Waals surface area contributed by atoms with Gasteiger partial charge in [-0.15, -0.1) is 0 Å². The number of nitrogens with two attached hydrogens (primary N) is 1. The molecule has 0 saturated carbocycles. The Labute approximate surface area is 246 Å².